The van der Waals surface area contributed by atoms with Gasteiger partial charge in [0.15, 0.2) is 11.6 Å². The Labute approximate surface area is 158 Å². The smallest absolute Gasteiger partial charge is 0.399 e. The molecule has 0 radical (unpaired) electrons. The van der Waals surface area contributed by atoms with Crippen molar-refractivity contribution in [2.24, 2.45) is 0 Å². The summed E-state index contributed by atoms with van der Waals surface area (Å²) in [4.78, 5) is 0. The molecule has 0 aromatic heterocycles. The minimum absolute atomic E-state index is 0.295. The Bertz CT molecular complexity index is 924. The van der Waals surface area contributed by atoms with Crippen LogP contribution in [-0.2, 0) is 0 Å². The molecule has 7 heteroatoms. The first kappa shape index (κ1) is 22.7. The van der Waals surface area contributed by atoms with E-state index in [0.717, 1.165) is 6.08 Å². The number of hydrogen-bond acceptors (Lipinski definition) is 1. The Hall–Kier alpha value is -3.32. The monoisotopic (exact) mass is 396 g/mol. The van der Waals surface area contributed by atoms with Gasteiger partial charge in [-0.1, -0.05) is 24.0 Å². The molecular weight excluding hydrogens is 382 g/mol. The van der Waals surface area contributed by atoms with E-state index in [4.69, 9.17) is 12.8 Å². The number of hydrogen-bond donors (Lipinski definition) is 0. The quantitative estimate of drug-likeness (QED) is 0.324. The Morgan fingerprint density at radius 2 is 1.68 bits per heavy atom. The average molecular weight is 396 g/mol. The van der Waals surface area contributed by atoms with Gasteiger partial charge in [0.25, 0.3) is 0 Å². The third-order valence-electron chi connectivity index (χ3n) is 3.27. The van der Waals surface area contributed by atoms with Crippen molar-refractivity contribution in [3.63, 3.8) is 0 Å². The van der Waals surface area contributed by atoms with E-state index in [1.54, 1.807) is 19.1 Å². The van der Waals surface area contributed by atoms with Crippen molar-refractivity contribution >= 4 is 5.57 Å². The predicted octanol–water partition coefficient (Wildman–Crippen LogP) is 6.26. The van der Waals surface area contributed by atoms with E-state index in [-0.39, 0.29) is 0 Å². The molecule has 1 aromatic rings. The lowest BCUT2D eigenvalue weighted by Gasteiger charge is -2.12. The summed E-state index contributed by atoms with van der Waals surface area (Å²) in [6.45, 7) is 3.24. The van der Waals surface area contributed by atoms with Crippen LogP contribution in [-0.4, -0.2) is 6.36 Å². The van der Waals surface area contributed by atoms with Crippen LogP contribution in [0.25, 0.3) is 5.57 Å². The van der Waals surface area contributed by atoms with Crippen LogP contribution in [0.2, 0.25) is 0 Å². The van der Waals surface area contributed by atoms with Crippen molar-refractivity contribution < 1.29 is 31.1 Å². The number of terminal acetylenes is 2. The molecule has 0 spiro atoms. The molecule has 0 unspecified atom stereocenters. The lowest BCUT2D eigenvalue weighted by molar-refractivity contribution is -0.276. The minimum atomic E-state index is -5.30. The molecule has 1 nitrogen and oxygen atoms in total. The van der Waals surface area contributed by atoms with Crippen molar-refractivity contribution in [3.05, 3.63) is 70.6 Å². The third-order valence-corrected chi connectivity index (χ3v) is 3.27. The summed E-state index contributed by atoms with van der Waals surface area (Å²) in [6.07, 6.45) is 11.1. The van der Waals surface area contributed by atoms with E-state index in [2.05, 4.69) is 10.7 Å². The summed E-state index contributed by atoms with van der Waals surface area (Å²) in [7, 11) is 0. The van der Waals surface area contributed by atoms with Gasteiger partial charge in [-0.05, 0) is 49.3 Å². The maximum absolute atomic E-state index is 14.5. The standard InChI is InChI=1S/C21H14F6O/c1-5-8-9-14(6-2)13(4)10-17(22)16(7-3)15-11-18(23)20(19(24)12-15)28-21(25,26)27/h2-3,5,8-12H,1,4H3/b8-5-,13-10+,14-9+,17-16-. The largest absolute Gasteiger partial charge is 0.573 e. The molecule has 0 aliphatic heterocycles. The van der Waals surface area contributed by atoms with Gasteiger partial charge < -0.3 is 4.74 Å². The van der Waals surface area contributed by atoms with Crippen molar-refractivity contribution in [2.75, 3.05) is 0 Å². The highest BCUT2D eigenvalue weighted by Crippen LogP contribution is 2.32. The van der Waals surface area contributed by atoms with Crippen molar-refractivity contribution in [3.8, 4) is 30.4 Å². The molecule has 146 valence electrons. The number of halogens is 6. The Balaban J connectivity index is 3.46. The lowest BCUT2D eigenvalue weighted by Crippen LogP contribution is -2.19. The second-order valence-electron chi connectivity index (χ2n) is 5.26. The van der Waals surface area contributed by atoms with Crippen LogP contribution in [0.15, 0.2) is 53.4 Å². The molecule has 0 aliphatic carbocycles. The van der Waals surface area contributed by atoms with Gasteiger partial charge in [0.1, 0.15) is 5.83 Å². The van der Waals surface area contributed by atoms with E-state index in [0.29, 0.717) is 23.3 Å². The van der Waals surface area contributed by atoms with Gasteiger partial charge in [0.05, 0.1) is 5.57 Å². The molecule has 0 bridgehead atoms. The second-order valence-corrected chi connectivity index (χ2v) is 5.26. The molecule has 28 heavy (non-hydrogen) atoms. The van der Waals surface area contributed by atoms with Crippen molar-refractivity contribution in [1.82, 2.24) is 0 Å². The van der Waals surface area contributed by atoms with E-state index in [9.17, 15) is 26.3 Å². The number of rotatable bonds is 5. The van der Waals surface area contributed by atoms with Crippen molar-refractivity contribution in [2.45, 2.75) is 20.2 Å². The summed E-state index contributed by atoms with van der Waals surface area (Å²) in [6, 6.07) is 0.889. The SMILES string of the molecule is C#CC(=C\C=C/C)/C(C)=C/C(F)=C(\C#C)c1cc(F)c(OC(F)(F)F)c(F)c1. The average Bonchev–Trinajstić information content (AvgIpc) is 2.58. The maximum atomic E-state index is 14.5. The third kappa shape index (κ3) is 6.14. The lowest BCUT2D eigenvalue weighted by atomic mass is 10.0. The highest BCUT2D eigenvalue weighted by atomic mass is 19.4. The van der Waals surface area contributed by atoms with E-state index in [1.807, 2.05) is 5.92 Å². The number of benzene rings is 1. The van der Waals surface area contributed by atoms with E-state index >= 15 is 0 Å². The van der Waals surface area contributed by atoms with E-state index in [1.165, 1.54) is 13.0 Å². The molecule has 0 N–H and O–H groups in total. The second kappa shape index (κ2) is 9.57. The fourth-order valence-electron chi connectivity index (χ4n) is 2.03. The highest BCUT2D eigenvalue weighted by Gasteiger charge is 2.34. The van der Waals surface area contributed by atoms with Gasteiger partial charge in [0, 0.05) is 5.57 Å². The number of alkyl halides is 3. The first-order valence-electron chi connectivity index (χ1n) is 7.63. The normalized spacial score (nSPS) is 13.8. The van der Waals surface area contributed by atoms with E-state index < -0.39 is 40.7 Å². The van der Waals surface area contributed by atoms with Gasteiger partial charge in [-0.3, -0.25) is 0 Å². The fourth-order valence-corrected chi connectivity index (χ4v) is 2.03. The molecular formula is C21H14F6O. The Morgan fingerprint density at radius 1 is 1.11 bits per heavy atom. The van der Waals surface area contributed by atoms with Crippen LogP contribution in [0.4, 0.5) is 26.3 Å². The molecule has 1 aromatic carbocycles. The molecule has 0 fully saturated rings. The molecule has 0 saturated heterocycles. The Morgan fingerprint density at radius 3 is 2.11 bits per heavy atom. The van der Waals surface area contributed by atoms with Gasteiger partial charge in [-0.15, -0.1) is 26.0 Å². The van der Waals surface area contributed by atoms with Gasteiger partial charge in [-0.25, -0.2) is 13.2 Å². The van der Waals surface area contributed by atoms with Crippen LogP contribution >= 0.6 is 0 Å². The Kier molecular flexibility index (Phi) is 7.76. The molecule has 0 heterocycles. The fraction of sp³-hybridized carbons (Fsp3) is 0.143. The van der Waals surface area contributed by atoms with Gasteiger partial charge >= 0.3 is 6.36 Å². The zero-order chi connectivity index (χ0) is 21.5. The number of ether oxygens (including phenoxy) is 1. The van der Waals surface area contributed by atoms with Crippen LogP contribution in [0.3, 0.4) is 0 Å². The zero-order valence-electron chi connectivity index (χ0n) is 14.8. The molecule has 0 aliphatic rings. The first-order valence-corrected chi connectivity index (χ1v) is 7.63. The van der Waals surface area contributed by atoms with Crippen molar-refractivity contribution in [1.29, 1.82) is 0 Å². The summed E-state index contributed by atoms with van der Waals surface area (Å²) >= 11 is 0. The molecule has 0 saturated carbocycles. The van der Waals surface area contributed by atoms with Gasteiger partial charge in [-0.2, -0.15) is 0 Å². The minimum Gasteiger partial charge on any atom is -0.399 e. The highest BCUT2D eigenvalue weighted by molar-refractivity contribution is 5.81. The van der Waals surface area contributed by atoms with Crippen LogP contribution < -0.4 is 4.74 Å². The summed E-state index contributed by atoms with van der Waals surface area (Å²) < 4.78 is 82.1. The summed E-state index contributed by atoms with van der Waals surface area (Å²) in [5.74, 6) is -1.82. The molecule has 1 rings (SSSR count). The van der Waals surface area contributed by atoms with Crippen LogP contribution in [0.1, 0.15) is 19.4 Å². The van der Waals surface area contributed by atoms with Crippen LogP contribution in [0.5, 0.6) is 5.75 Å². The molecule has 0 atom stereocenters. The van der Waals surface area contributed by atoms with Gasteiger partial charge in [0.2, 0.25) is 5.75 Å². The summed E-state index contributed by atoms with van der Waals surface area (Å²) in [5.41, 5.74) is -0.425. The summed E-state index contributed by atoms with van der Waals surface area (Å²) in [5, 5.41) is 0. The molecule has 0 amide bonds. The number of allylic oxidation sites excluding steroid dienone is 8. The topological polar surface area (TPSA) is 9.23 Å². The first-order chi connectivity index (χ1) is 13.0. The predicted molar refractivity (Wildman–Crippen MR) is 95.4 cm³/mol. The maximum Gasteiger partial charge on any atom is 0.573 e. The zero-order valence-corrected chi connectivity index (χ0v) is 14.8. The van der Waals surface area contributed by atoms with Crippen LogP contribution in [0, 0.1) is 36.3 Å².